The summed E-state index contributed by atoms with van der Waals surface area (Å²) in [5.41, 5.74) is 0.419. The fraction of sp³-hybridized carbons (Fsp3) is 0.500. The second-order valence-electron chi connectivity index (χ2n) is 7.13. The first kappa shape index (κ1) is 20.8. The molecule has 2 aromatic heterocycles. The Kier molecular flexibility index (Phi) is 6.40. The molecule has 0 unspecified atom stereocenters. The van der Waals surface area contributed by atoms with Gasteiger partial charge in [0.25, 0.3) is 0 Å². The summed E-state index contributed by atoms with van der Waals surface area (Å²) in [6.45, 7) is 7.61. The predicted molar refractivity (Wildman–Crippen MR) is 99.4 cm³/mol. The van der Waals surface area contributed by atoms with E-state index in [1.807, 2.05) is 0 Å². The molecule has 0 spiro atoms. The Morgan fingerprint density at radius 3 is 2.73 bits per heavy atom. The van der Waals surface area contributed by atoms with Crippen LogP contribution in [0.4, 0.5) is 8.78 Å². The lowest BCUT2D eigenvalue weighted by Crippen LogP contribution is -2.28. The molecule has 0 aromatic carbocycles. The second kappa shape index (κ2) is 8.01. The number of nitrogens with zero attached hydrogens (tertiary/aromatic N) is 2. The molecule has 0 bridgehead atoms. The van der Waals surface area contributed by atoms with Gasteiger partial charge in [0, 0.05) is 26.3 Å². The lowest BCUT2D eigenvalue weighted by molar-refractivity contribution is -0.193. The molecule has 26 heavy (non-hydrogen) atoms. The van der Waals surface area contributed by atoms with Crippen molar-refractivity contribution in [1.29, 1.82) is 0 Å². The third-order valence-electron chi connectivity index (χ3n) is 3.49. The first-order valence-electron chi connectivity index (χ1n) is 7.99. The molecule has 0 amide bonds. The third-order valence-corrected chi connectivity index (χ3v) is 5.76. The van der Waals surface area contributed by atoms with E-state index in [1.54, 1.807) is 22.9 Å². The van der Waals surface area contributed by atoms with Gasteiger partial charge < -0.3 is 19.1 Å². The summed E-state index contributed by atoms with van der Waals surface area (Å²) in [5, 5.41) is 9.27. The SMILES string of the molecule is C[Si](C)(C)CCOCn1ccc2cc(Br)c(OC(F)(F)CC(=O)O)nc21. The molecule has 2 heterocycles. The van der Waals surface area contributed by atoms with Gasteiger partial charge in [0.2, 0.25) is 5.88 Å². The van der Waals surface area contributed by atoms with Gasteiger partial charge in [-0.3, -0.25) is 4.79 Å². The number of pyridine rings is 1. The van der Waals surface area contributed by atoms with Crippen molar-refractivity contribution in [2.24, 2.45) is 0 Å². The first-order valence-corrected chi connectivity index (χ1v) is 12.5. The molecule has 0 radical (unpaired) electrons. The number of hydrogen-bond donors (Lipinski definition) is 1. The van der Waals surface area contributed by atoms with Gasteiger partial charge in [-0.15, -0.1) is 0 Å². The standard InChI is InChI=1S/C16H21BrF2N2O4Si/c1-26(2,3)7-6-24-10-21-5-4-11-8-12(17)15(20-14(11)21)25-16(18,19)9-13(22)23/h4-5,8H,6-7,9-10H2,1-3H3,(H,22,23). The highest BCUT2D eigenvalue weighted by Crippen LogP contribution is 2.32. The molecule has 0 atom stereocenters. The fourth-order valence-electron chi connectivity index (χ4n) is 2.14. The zero-order valence-corrected chi connectivity index (χ0v) is 17.3. The number of carbonyl (C=O) groups is 1. The van der Waals surface area contributed by atoms with Crippen molar-refractivity contribution >= 4 is 41.0 Å². The van der Waals surface area contributed by atoms with E-state index in [0.717, 1.165) is 11.4 Å². The van der Waals surface area contributed by atoms with E-state index in [4.69, 9.17) is 9.84 Å². The van der Waals surface area contributed by atoms with Gasteiger partial charge >= 0.3 is 12.1 Å². The normalized spacial score (nSPS) is 12.5. The zero-order valence-electron chi connectivity index (χ0n) is 14.8. The van der Waals surface area contributed by atoms with Crippen LogP contribution in [-0.2, 0) is 16.3 Å². The summed E-state index contributed by atoms with van der Waals surface area (Å²) in [6, 6.07) is 4.39. The molecule has 2 aromatic rings. The Balaban J connectivity index is 2.15. The summed E-state index contributed by atoms with van der Waals surface area (Å²) < 4.78 is 39.4. The highest BCUT2D eigenvalue weighted by Gasteiger charge is 2.36. The summed E-state index contributed by atoms with van der Waals surface area (Å²) in [4.78, 5) is 14.6. The maximum atomic E-state index is 13.6. The van der Waals surface area contributed by atoms with E-state index in [-0.39, 0.29) is 17.1 Å². The number of carboxylic acid groups (broad SMARTS) is 1. The van der Waals surface area contributed by atoms with Crippen molar-refractivity contribution < 1.29 is 28.2 Å². The van der Waals surface area contributed by atoms with Crippen LogP contribution in [0.5, 0.6) is 5.88 Å². The van der Waals surface area contributed by atoms with E-state index in [9.17, 15) is 13.6 Å². The molecule has 0 aliphatic carbocycles. The van der Waals surface area contributed by atoms with Crippen molar-refractivity contribution in [3.05, 3.63) is 22.8 Å². The molecule has 6 nitrogen and oxygen atoms in total. The molecule has 1 N–H and O–H groups in total. The minimum absolute atomic E-state index is 0.215. The van der Waals surface area contributed by atoms with Gasteiger partial charge in [-0.25, -0.2) is 0 Å². The van der Waals surface area contributed by atoms with Crippen LogP contribution in [0.25, 0.3) is 11.0 Å². The monoisotopic (exact) mass is 450 g/mol. The summed E-state index contributed by atoms with van der Waals surface area (Å²) >= 11 is 3.13. The minimum atomic E-state index is -3.86. The Bertz CT molecular complexity index is 792. The van der Waals surface area contributed by atoms with Crippen LogP contribution >= 0.6 is 15.9 Å². The van der Waals surface area contributed by atoms with Crippen LogP contribution in [0.1, 0.15) is 6.42 Å². The highest BCUT2D eigenvalue weighted by molar-refractivity contribution is 9.10. The van der Waals surface area contributed by atoms with E-state index in [2.05, 4.69) is 45.3 Å². The number of rotatable bonds is 9. The Morgan fingerprint density at radius 2 is 2.12 bits per heavy atom. The number of alkyl halides is 2. The largest absolute Gasteiger partial charge is 0.481 e. The number of halogens is 3. The van der Waals surface area contributed by atoms with E-state index in [0.29, 0.717) is 12.3 Å². The molecule has 0 saturated carbocycles. The maximum absolute atomic E-state index is 13.6. The van der Waals surface area contributed by atoms with Gasteiger partial charge in [0.15, 0.2) is 0 Å². The van der Waals surface area contributed by atoms with Crippen molar-refractivity contribution in [2.45, 2.75) is 44.9 Å². The Labute approximate surface area is 159 Å². The summed E-state index contributed by atoms with van der Waals surface area (Å²) in [6.07, 6.45) is -3.56. The maximum Gasteiger partial charge on any atom is 0.409 e. The number of ether oxygens (including phenoxy) is 2. The lowest BCUT2D eigenvalue weighted by Gasteiger charge is -2.17. The summed E-state index contributed by atoms with van der Waals surface area (Å²) in [5.74, 6) is -2.03. The van der Waals surface area contributed by atoms with E-state index < -0.39 is 26.6 Å². The van der Waals surface area contributed by atoms with Gasteiger partial charge in [-0.05, 0) is 34.1 Å². The quantitative estimate of drug-likeness (QED) is 0.447. The van der Waals surface area contributed by atoms with Crippen molar-refractivity contribution in [2.75, 3.05) is 6.61 Å². The number of fused-ring (bicyclic) bond motifs is 1. The predicted octanol–water partition coefficient (Wildman–Crippen LogP) is 4.56. The van der Waals surface area contributed by atoms with Gasteiger partial charge in [-0.1, -0.05) is 19.6 Å². The minimum Gasteiger partial charge on any atom is -0.481 e. The first-order chi connectivity index (χ1) is 12.0. The van der Waals surface area contributed by atoms with Crippen LogP contribution in [0.2, 0.25) is 25.7 Å². The lowest BCUT2D eigenvalue weighted by atomic mass is 10.3. The molecular formula is C16H21BrF2N2O4Si. The molecule has 0 fully saturated rings. The van der Waals surface area contributed by atoms with Crippen molar-refractivity contribution in [3.8, 4) is 5.88 Å². The van der Waals surface area contributed by atoms with Crippen LogP contribution in [-0.4, -0.2) is 41.4 Å². The van der Waals surface area contributed by atoms with Gasteiger partial charge in [0.1, 0.15) is 18.8 Å². The Hall–Kier alpha value is -1.52. The number of carboxylic acids is 1. The van der Waals surface area contributed by atoms with E-state index in [1.165, 1.54) is 0 Å². The summed E-state index contributed by atoms with van der Waals surface area (Å²) in [7, 11) is -1.20. The van der Waals surface area contributed by atoms with Gasteiger partial charge in [-0.2, -0.15) is 13.8 Å². The number of hydrogen-bond acceptors (Lipinski definition) is 4. The smallest absolute Gasteiger partial charge is 0.409 e. The average molecular weight is 451 g/mol. The van der Waals surface area contributed by atoms with Crippen LogP contribution in [0.15, 0.2) is 22.8 Å². The van der Waals surface area contributed by atoms with Crippen LogP contribution in [0, 0.1) is 0 Å². The second-order valence-corrected chi connectivity index (χ2v) is 13.6. The molecule has 144 valence electrons. The van der Waals surface area contributed by atoms with Crippen molar-refractivity contribution in [1.82, 2.24) is 9.55 Å². The topological polar surface area (TPSA) is 73.6 Å². The molecule has 10 heteroatoms. The molecule has 0 saturated heterocycles. The molecule has 2 rings (SSSR count). The van der Waals surface area contributed by atoms with Gasteiger partial charge in [0.05, 0.1) is 4.47 Å². The van der Waals surface area contributed by atoms with Crippen LogP contribution in [0.3, 0.4) is 0 Å². The molecule has 0 aliphatic rings. The van der Waals surface area contributed by atoms with E-state index >= 15 is 0 Å². The zero-order chi connectivity index (χ0) is 19.5. The molecule has 0 aliphatic heterocycles. The number of aromatic nitrogens is 2. The fourth-order valence-corrected chi connectivity index (χ4v) is 3.31. The molecular weight excluding hydrogens is 430 g/mol. The van der Waals surface area contributed by atoms with Crippen LogP contribution < -0.4 is 4.74 Å². The average Bonchev–Trinajstić information content (AvgIpc) is 2.83. The third kappa shape index (κ3) is 6.03. The highest BCUT2D eigenvalue weighted by atomic mass is 79.9. The van der Waals surface area contributed by atoms with Crippen molar-refractivity contribution in [3.63, 3.8) is 0 Å². The Morgan fingerprint density at radius 1 is 1.42 bits per heavy atom. The number of aliphatic carboxylic acids is 1.